The first-order valence-corrected chi connectivity index (χ1v) is 14.0. The van der Waals surface area contributed by atoms with Crippen molar-refractivity contribution in [2.24, 2.45) is 0 Å². The summed E-state index contributed by atoms with van der Waals surface area (Å²) >= 11 is 3.12. The lowest BCUT2D eigenvalue weighted by Crippen LogP contribution is -2.42. The Hall–Kier alpha value is -2.53. The SMILES string of the molecule is CCOc1cc(C=C2SC(=O)N(CC(=O)N3CCCCCC3)C2=O)ccc1OCc1ccc(I)cc1. The molecule has 2 aliphatic heterocycles. The third-order valence-electron chi connectivity index (χ3n) is 6.00. The molecule has 0 aliphatic carbocycles. The van der Waals surface area contributed by atoms with Gasteiger partial charge in [0.25, 0.3) is 11.1 Å². The highest BCUT2D eigenvalue weighted by Gasteiger charge is 2.37. The highest BCUT2D eigenvalue weighted by Crippen LogP contribution is 2.35. The molecule has 7 nitrogen and oxygen atoms in total. The monoisotopic (exact) mass is 620 g/mol. The second-order valence-corrected chi connectivity index (χ2v) is 10.9. The van der Waals surface area contributed by atoms with Crippen LogP contribution < -0.4 is 9.47 Å². The van der Waals surface area contributed by atoms with Crippen molar-refractivity contribution in [2.45, 2.75) is 39.2 Å². The first-order chi connectivity index (χ1) is 17.4. The standard InChI is InChI=1S/C27H29IN2O5S/c1-2-34-23-15-20(9-12-22(23)35-18-19-7-10-21(28)11-8-19)16-24-26(32)30(27(33)36-24)17-25(31)29-13-5-3-4-6-14-29/h7-12,15-16H,2-6,13-14,17-18H2,1H3. The van der Waals surface area contributed by atoms with E-state index in [4.69, 9.17) is 9.47 Å². The van der Waals surface area contributed by atoms with Crippen molar-refractivity contribution >= 4 is 57.5 Å². The van der Waals surface area contributed by atoms with Crippen molar-refractivity contribution in [3.8, 4) is 11.5 Å². The Morgan fingerprint density at radius 3 is 2.42 bits per heavy atom. The van der Waals surface area contributed by atoms with Crippen LogP contribution in [-0.2, 0) is 16.2 Å². The Kier molecular flexibility index (Phi) is 9.30. The summed E-state index contributed by atoms with van der Waals surface area (Å²) in [5.74, 6) is 0.551. The molecule has 0 saturated carbocycles. The fourth-order valence-corrected chi connectivity index (χ4v) is 5.28. The number of thioether (sulfide) groups is 1. The molecule has 0 radical (unpaired) electrons. The van der Waals surface area contributed by atoms with Crippen molar-refractivity contribution in [1.82, 2.24) is 9.80 Å². The minimum atomic E-state index is -0.440. The van der Waals surface area contributed by atoms with Crippen LogP contribution in [-0.4, -0.2) is 53.1 Å². The average molecular weight is 621 g/mol. The van der Waals surface area contributed by atoms with Crippen LogP contribution in [0.2, 0.25) is 0 Å². The van der Waals surface area contributed by atoms with Crippen LogP contribution in [0.3, 0.4) is 0 Å². The summed E-state index contributed by atoms with van der Waals surface area (Å²) in [5, 5.41) is -0.420. The normalized spacial score (nSPS) is 17.4. The molecule has 3 amide bonds. The molecule has 190 valence electrons. The third kappa shape index (κ3) is 6.82. The van der Waals surface area contributed by atoms with Gasteiger partial charge in [0, 0.05) is 16.7 Å². The average Bonchev–Trinajstić information content (AvgIpc) is 3.05. The number of benzene rings is 2. The van der Waals surface area contributed by atoms with Gasteiger partial charge in [-0.1, -0.05) is 31.0 Å². The first kappa shape index (κ1) is 26.5. The number of likely N-dealkylation sites (tertiary alicyclic amines) is 1. The summed E-state index contributed by atoms with van der Waals surface area (Å²) in [6, 6.07) is 13.5. The lowest BCUT2D eigenvalue weighted by molar-refractivity contribution is -0.135. The van der Waals surface area contributed by atoms with Gasteiger partial charge in [0.05, 0.1) is 11.5 Å². The maximum atomic E-state index is 13.0. The van der Waals surface area contributed by atoms with E-state index < -0.39 is 11.1 Å². The zero-order valence-corrected chi connectivity index (χ0v) is 23.2. The number of halogens is 1. The van der Waals surface area contributed by atoms with Crippen LogP contribution in [0.25, 0.3) is 6.08 Å². The van der Waals surface area contributed by atoms with Crippen LogP contribution in [0.5, 0.6) is 11.5 Å². The number of rotatable bonds is 8. The van der Waals surface area contributed by atoms with Gasteiger partial charge >= 0.3 is 0 Å². The summed E-state index contributed by atoms with van der Waals surface area (Å²) in [6.07, 6.45) is 5.79. The largest absolute Gasteiger partial charge is 0.490 e. The van der Waals surface area contributed by atoms with E-state index in [-0.39, 0.29) is 12.5 Å². The van der Waals surface area contributed by atoms with Crippen molar-refractivity contribution in [3.05, 3.63) is 62.1 Å². The molecule has 4 rings (SSSR count). The number of ether oxygens (including phenoxy) is 2. The zero-order chi connectivity index (χ0) is 25.5. The van der Waals surface area contributed by atoms with E-state index in [1.807, 2.05) is 37.3 Å². The number of nitrogens with zero attached hydrogens (tertiary/aromatic N) is 2. The summed E-state index contributed by atoms with van der Waals surface area (Å²) in [4.78, 5) is 41.3. The second-order valence-electron chi connectivity index (χ2n) is 8.62. The Labute approximate surface area is 229 Å². The molecule has 0 spiro atoms. The molecule has 0 aromatic heterocycles. The molecule has 0 bridgehead atoms. The van der Waals surface area contributed by atoms with Gasteiger partial charge in [0.15, 0.2) is 11.5 Å². The molecule has 0 N–H and O–H groups in total. The molecule has 2 aliphatic rings. The molecule has 9 heteroatoms. The molecule has 2 aromatic carbocycles. The van der Waals surface area contributed by atoms with Gasteiger partial charge in [-0.05, 0) is 95.6 Å². The Bertz CT molecular complexity index is 1140. The van der Waals surface area contributed by atoms with Crippen LogP contribution in [0, 0.1) is 3.57 Å². The van der Waals surface area contributed by atoms with E-state index in [9.17, 15) is 14.4 Å². The molecule has 2 saturated heterocycles. The number of hydrogen-bond donors (Lipinski definition) is 0. The van der Waals surface area contributed by atoms with Gasteiger partial charge < -0.3 is 14.4 Å². The fourth-order valence-electron chi connectivity index (χ4n) is 4.09. The van der Waals surface area contributed by atoms with Gasteiger partial charge in [0.2, 0.25) is 5.91 Å². The highest BCUT2D eigenvalue weighted by molar-refractivity contribution is 14.1. The number of hydrogen-bond acceptors (Lipinski definition) is 6. The summed E-state index contributed by atoms with van der Waals surface area (Å²) < 4.78 is 12.9. The summed E-state index contributed by atoms with van der Waals surface area (Å²) in [6.45, 7) is 3.91. The van der Waals surface area contributed by atoms with Gasteiger partial charge in [0.1, 0.15) is 13.2 Å². The fraction of sp³-hybridized carbons (Fsp3) is 0.370. The van der Waals surface area contributed by atoms with Gasteiger partial charge in [-0.2, -0.15) is 0 Å². The highest BCUT2D eigenvalue weighted by atomic mass is 127. The molecule has 2 heterocycles. The number of imide groups is 1. The number of amides is 3. The number of carbonyl (C=O) groups is 3. The topological polar surface area (TPSA) is 76.2 Å². The van der Waals surface area contributed by atoms with E-state index in [0.29, 0.717) is 48.3 Å². The van der Waals surface area contributed by atoms with Crippen molar-refractivity contribution in [2.75, 3.05) is 26.2 Å². The molecule has 2 fully saturated rings. The molecular weight excluding hydrogens is 591 g/mol. The predicted molar refractivity (Wildman–Crippen MR) is 149 cm³/mol. The molecule has 0 unspecified atom stereocenters. The lowest BCUT2D eigenvalue weighted by Gasteiger charge is -2.22. The van der Waals surface area contributed by atoms with Crippen molar-refractivity contribution < 1.29 is 23.9 Å². The maximum absolute atomic E-state index is 13.0. The second kappa shape index (κ2) is 12.6. The maximum Gasteiger partial charge on any atom is 0.294 e. The van der Waals surface area contributed by atoms with E-state index in [1.54, 1.807) is 23.1 Å². The Morgan fingerprint density at radius 1 is 1.00 bits per heavy atom. The van der Waals surface area contributed by atoms with E-state index >= 15 is 0 Å². The molecule has 2 aromatic rings. The van der Waals surface area contributed by atoms with Crippen molar-refractivity contribution in [1.29, 1.82) is 0 Å². The first-order valence-electron chi connectivity index (χ1n) is 12.1. The lowest BCUT2D eigenvalue weighted by atomic mass is 10.1. The smallest absolute Gasteiger partial charge is 0.294 e. The van der Waals surface area contributed by atoms with E-state index in [0.717, 1.165) is 51.5 Å². The van der Waals surface area contributed by atoms with E-state index in [1.165, 1.54) is 0 Å². The van der Waals surface area contributed by atoms with Crippen LogP contribution >= 0.6 is 34.4 Å². The Morgan fingerprint density at radius 2 is 1.72 bits per heavy atom. The molecule has 36 heavy (non-hydrogen) atoms. The van der Waals surface area contributed by atoms with Gasteiger partial charge in [-0.25, -0.2) is 0 Å². The van der Waals surface area contributed by atoms with Crippen LogP contribution in [0.4, 0.5) is 4.79 Å². The summed E-state index contributed by atoms with van der Waals surface area (Å²) in [7, 11) is 0. The Balaban J connectivity index is 1.44. The minimum absolute atomic E-state index is 0.172. The minimum Gasteiger partial charge on any atom is -0.490 e. The van der Waals surface area contributed by atoms with Crippen LogP contribution in [0.1, 0.15) is 43.7 Å². The molecule has 0 atom stereocenters. The summed E-state index contributed by atoms with van der Waals surface area (Å²) in [5.41, 5.74) is 1.76. The van der Waals surface area contributed by atoms with Gasteiger partial charge in [-0.3, -0.25) is 19.3 Å². The van der Waals surface area contributed by atoms with Crippen molar-refractivity contribution in [3.63, 3.8) is 0 Å². The van der Waals surface area contributed by atoms with Gasteiger partial charge in [-0.15, -0.1) is 0 Å². The van der Waals surface area contributed by atoms with Crippen LogP contribution in [0.15, 0.2) is 47.4 Å². The third-order valence-corrected chi connectivity index (χ3v) is 7.63. The van der Waals surface area contributed by atoms with E-state index in [2.05, 4.69) is 22.6 Å². The number of carbonyl (C=O) groups excluding carboxylic acids is 3. The molecular formula is C27H29IN2O5S. The quantitative estimate of drug-likeness (QED) is 0.278. The zero-order valence-electron chi connectivity index (χ0n) is 20.2. The predicted octanol–water partition coefficient (Wildman–Crippen LogP) is 5.71.